The van der Waals surface area contributed by atoms with Crippen molar-refractivity contribution in [1.29, 1.82) is 0 Å². The van der Waals surface area contributed by atoms with E-state index >= 15 is 0 Å². The second kappa shape index (κ2) is 5.59. The lowest BCUT2D eigenvalue weighted by Crippen LogP contribution is -2.39. The molecule has 0 aliphatic carbocycles. The van der Waals surface area contributed by atoms with E-state index in [-0.39, 0.29) is 17.5 Å². The van der Waals surface area contributed by atoms with Crippen LogP contribution in [0.25, 0.3) is 0 Å². The number of nitrogens with zero attached hydrogens (tertiary/aromatic N) is 2. The zero-order valence-electron chi connectivity index (χ0n) is 11.7. The van der Waals surface area contributed by atoms with E-state index in [1.807, 2.05) is 4.90 Å². The van der Waals surface area contributed by atoms with E-state index in [0.29, 0.717) is 19.6 Å². The van der Waals surface area contributed by atoms with Gasteiger partial charge in [-0.2, -0.15) is 5.10 Å². The average Bonchev–Trinajstić information content (AvgIpc) is 3.18. The molecule has 1 unspecified atom stereocenters. The number of nitrogens with one attached hydrogen (secondary N) is 1. The van der Waals surface area contributed by atoms with E-state index in [2.05, 4.69) is 10.2 Å². The Bertz CT molecular complexity index is 593. The van der Waals surface area contributed by atoms with Gasteiger partial charge in [-0.25, -0.2) is 0 Å². The number of ether oxygens (including phenoxy) is 1. The molecule has 0 radical (unpaired) electrons. The lowest BCUT2D eigenvalue weighted by molar-refractivity contribution is -0.128. The summed E-state index contributed by atoms with van der Waals surface area (Å²) in [6, 6.07) is 1.68. The molecule has 7 heteroatoms. The molecule has 0 saturated carbocycles. The highest BCUT2D eigenvalue weighted by molar-refractivity contribution is 5.93. The van der Waals surface area contributed by atoms with Crippen molar-refractivity contribution in [1.82, 2.24) is 15.1 Å². The molecule has 21 heavy (non-hydrogen) atoms. The van der Waals surface area contributed by atoms with Crippen LogP contribution in [0.4, 0.5) is 0 Å². The molecule has 7 nitrogen and oxygen atoms in total. The quantitative estimate of drug-likeness (QED) is 0.847. The third-order valence-electron chi connectivity index (χ3n) is 3.99. The first-order valence-electron chi connectivity index (χ1n) is 7.10. The van der Waals surface area contributed by atoms with Gasteiger partial charge in [0.1, 0.15) is 5.69 Å². The summed E-state index contributed by atoms with van der Waals surface area (Å²) in [6.45, 7) is 1.96. The maximum Gasteiger partial charge on any atom is 0.269 e. The average molecular weight is 290 g/mol. The lowest BCUT2D eigenvalue weighted by atomic mass is 9.94. The van der Waals surface area contributed by atoms with Crippen molar-refractivity contribution in [3.63, 3.8) is 0 Å². The van der Waals surface area contributed by atoms with Gasteiger partial charge >= 0.3 is 0 Å². The summed E-state index contributed by atoms with van der Waals surface area (Å²) in [5.41, 5.74) is 7.04. The molecule has 1 aromatic heterocycles. The molecule has 1 fully saturated rings. The van der Waals surface area contributed by atoms with Crippen molar-refractivity contribution in [3.8, 4) is 0 Å². The molecular weight excluding hydrogens is 272 g/mol. The van der Waals surface area contributed by atoms with Crippen molar-refractivity contribution in [3.05, 3.63) is 29.3 Å². The van der Waals surface area contributed by atoms with Gasteiger partial charge in [-0.3, -0.25) is 14.7 Å². The number of H-pyrrole nitrogens is 1. The topological polar surface area (TPSA) is 101 Å². The van der Waals surface area contributed by atoms with Crippen LogP contribution in [-0.4, -0.2) is 46.6 Å². The molecular formula is C14H18N4O3. The molecule has 1 saturated heterocycles. The summed E-state index contributed by atoms with van der Waals surface area (Å²) in [4.78, 5) is 25.3. The van der Waals surface area contributed by atoms with E-state index in [4.69, 9.17) is 10.5 Å². The first kappa shape index (κ1) is 13.7. The zero-order chi connectivity index (χ0) is 14.8. The molecule has 0 spiro atoms. The minimum atomic E-state index is -0.547. The van der Waals surface area contributed by atoms with Crippen LogP contribution in [0.5, 0.6) is 0 Å². The lowest BCUT2D eigenvalue weighted by Gasteiger charge is -2.32. The van der Waals surface area contributed by atoms with Gasteiger partial charge in [-0.1, -0.05) is 0 Å². The number of likely N-dealkylation sites (tertiary alicyclic amines) is 1. The highest BCUT2D eigenvalue weighted by Gasteiger charge is 2.28. The normalized spacial score (nSPS) is 21.8. The van der Waals surface area contributed by atoms with E-state index in [0.717, 1.165) is 30.7 Å². The van der Waals surface area contributed by atoms with E-state index < -0.39 is 5.91 Å². The van der Waals surface area contributed by atoms with Crippen molar-refractivity contribution in [2.45, 2.75) is 25.2 Å². The molecule has 2 amide bonds. The second-order valence-electron chi connectivity index (χ2n) is 5.43. The van der Waals surface area contributed by atoms with Crippen LogP contribution >= 0.6 is 0 Å². The summed E-state index contributed by atoms with van der Waals surface area (Å²) < 4.78 is 5.13. The van der Waals surface area contributed by atoms with Crippen LogP contribution in [0, 0.1) is 0 Å². The second-order valence-corrected chi connectivity index (χ2v) is 5.43. The van der Waals surface area contributed by atoms with Crippen LogP contribution in [0.2, 0.25) is 0 Å². The van der Waals surface area contributed by atoms with Gasteiger partial charge in [0.2, 0.25) is 0 Å². The number of nitrogens with two attached hydrogens (primary N) is 1. The van der Waals surface area contributed by atoms with E-state index in [1.165, 1.54) is 0 Å². The molecule has 2 aliphatic rings. The van der Waals surface area contributed by atoms with Crippen LogP contribution < -0.4 is 5.73 Å². The summed E-state index contributed by atoms with van der Waals surface area (Å²) in [5, 5.41) is 6.76. The Kier molecular flexibility index (Phi) is 3.64. The maximum atomic E-state index is 12.4. The summed E-state index contributed by atoms with van der Waals surface area (Å²) in [7, 11) is 0. The van der Waals surface area contributed by atoms with Crippen molar-refractivity contribution in [2.75, 3.05) is 19.7 Å². The molecule has 3 heterocycles. The molecule has 3 N–H and O–H groups in total. The Morgan fingerprint density at radius 2 is 2.33 bits per heavy atom. The fourth-order valence-corrected chi connectivity index (χ4v) is 2.84. The Hall–Kier alpha value is -2.31. The Balaban J connectivity index is 1.70. The van der Waals surface area contributed by atoms with Gasteiger partial charge in [0.15, 0.2) is 0 Å². The minimum absolute atomic E-state index is 0.0480. The van der Waals surface area contributed by atoms with Gasteiger partial charge in [0, 0.05) is 31.1 Å². The number of aromatic nitrogens is 2. The number of piperidine rings is 1. The Morgan fingerprint density at radius 3 is 3.00 bits per heavy atom. The Labute approximate surface area is 122 Å². The monoisotopic (exact) mass is 290 g/mol. The highest BCUT2D eigenvalue weighted by Crippen LogP contribution is 2.27. The van der Waals surface area contributed by atoms with Gasteiger partial charge in [0.25, 0.3) is 11.8 Å². The van der Waals surface area contributed by atoms with Crippen molar-refractivity contribution in [2.24, 2.45) is 5.73 Å². The van der Waals surface area contributed by atoms with Crippen LogP contribution in [0.1, 0.15) is 41.4 Å². The fourth-order valence-electron chi connectivity index (χ4n) is 2.84. The van der Waals surface area contributed by atoms with Crippen LogP contribution in [0.15, 0.2) is 17.9 Å². The first-order chi connectivity index (χ1) is 10.1. The Morgan fingerprint density at radius 1 is 1.48 bits per heavy atom. The summed E-state index contributed by atoms with van der Waals surface area (Å²) >= 11 is 0. The standard InChI is InChI=1S/C14H18N4O3/c15-13(19)12-6-11(16-17-12)9-2-1-4-18(7-9)14(20)10-3-5-21-8-10/h6,8-9H,1-5,7H2,(H2,15,19)(H,16,17). The summed E-state index contributed by atoms with van der Waals surface area (Å²) in [6.07, 6.45) is 4.12. The number of amides is 2. The third-order valence-corrected chi connectivity index (χ3v) is 3.99. The zero-order valence-corrected chi connectivity index (χ0v) is 11.7. The first-order valence-corrected chi connectivity index (χ1v) is 7.10. The van der Waals surface area contributed by atoms with Gasteiger partial charge in [-0.15, -0.1) is 0 Å². The van der Waals surface area contributed by atoms with E-state index in [1.54, 1.807) is 12.3 Å². The number of carbonyl (C=O) groups excluding carboxylic acids is 2. The number of carbonyl (C=O) groups is 2. The number of primary amides is 1. The van der Waals surface area contributed by atoms with Gasteiger partial charge < -0.3 is 15.4 Å². The molecule has 0 bridgehead atoms. The smallest absolute Gasteiger partial charge is 0.269 e. The number of hydrogen-bond acceptors (Lipinski definition) is 4. The fraction of sp³-hybridized carbons (Fsp3) is 0.500. The van der Waals surface area contributed by atoms with Crippen LogP contribution in [0.3, 0.4) is 0 Å². The molecule has 2 aliphatic heterocycles. The van der Waals surface area contributed by atoms with Crippen molar-refractivity contribution >= 4 is 11.8 Å². The number of hydrogen-bond donors (Lipinski definition) is 2. The molecule has 112 valence electrons. The molecule has 1 atom stereocenters. The largest absolute Gasteiger partial charge is 0.500 e. The number of rotatable bonds is 3. The van der Waals surface area contributed by atoms with E-state index in [9.17, 15) is 9.59 Å². The summed E-state index contributed by atoms with van der Waals surface area (Å²) in [5.74, 6) is -0.340. The predicted molar refractivity (Wildman–Crippen MR) is 74.3 cm³/mol. The minimum Gasteiger partial charge on any atom is -0.500 e. The third kappa shape index (κ3) is 2.76. The van der Waals surface area contributed by atoms with Crippen molar-refractivity contribution < 1.29 is 14.3 Å². The molecule has 1 aromatic rings. The highest BCUT2D eigenvalue weighted by atomic mass is 16.5. The SMILES string of the molecule is NC(=O)c1cc(C2CCCN(C(=O)C3=COCC3)C2)[nH]n1. The van der Waals surface area contributed by atoms with Gasteiger partial charge in [-0.05, 0) is 18.9 Å². The molecule has 3 rings (SSSR count). The number of aromatic amines is 1. The predicted octanol–water partition coefficient (Wildman–Crippen LogP) is 0.519. The van der Waals surface area contributed by atoms with Crippen LogP contribution in [-0.2, 0) is 9.53 Å². The molecule has 0 aromatic carbocycles. The van der Waals surface area contributed by atoms with Gasteiger partial charge in [0.05, 0.1) is 18.4 Å². The maximum absolute atomic E-state index is 12.4.